The van der Waals surface area contributed by atoms with Crippen LogP contribution in [-0.2, 0) is 0 Å². The van der Waals surface area contributed by atoms with Crippen LogP contribution in [0.25, 0.3) is 0 Å². The molecule has 0 aliphatic heterocycles. The molecule has 0 atom stereocenters. The number of halogens is 2. The molecule has 0 fully saturated rings. The molecule has 0 spiro atoms. The van der Waals surface area contributed by atoms with Crippen LogP contribution in [0.4, 0.5) is 14.5 Å². The molecule has 0 aromatic carbocycles. The molecule has 0 radical (unpaired) electrons. The summed E-state index contributed by atoms with van der Waals surface area (Å²) in [6, 6.07) is 0.452. The van der Waals surface area contributed by atoms with Crippen molar-refractivity contribution in [3.63, 3.8) is 0 Å². The second-order valence-electron chi connectivity index (χ2n) is 2.82. The summed E-state index contributed by atoms with van der Waals surface area (Å²) in [6.07, 6.45) is -3.20. The number of alkyl halides is 2. The van der Waals surface area contributed by atoms with E-state index in [1.807, 2.05) is 0 Å². The molecule has 9 heteroatoms. The molecule has 0 bridgehead atoms. The highest BCUT2D eigenvalue weighted by Gasteiger charge is 2.30. The molecule has 0 saturated carbocycles. The normalized spacial score (nSPS) is 10.4. The third-order valence-electron chi connectivity index (χ3n) is 1.82. The third kappa shape index (κ3) is 2.44. The van der Waals surface area contributed by atoms with E-state index < -0.39 is 40.1 Å². The van der Waals surface area contributed by atoms with E-state index >= 15 is 0 Å². The summed E-state index contributed by atoms with van der Waals surface area (Å²) in [4.78, 5) is 23.3. The van der Waals surface area contributed by atoms with Crippen molar-refractivity contribution in [1.29, 1.82) is 0 Å². The molecule has 0 unspecified atom stereocenters. The predicted molar refractivity (Wildman–Crippen MR) is 49.4 cm³/mol. The van der Waals surface area contributed by atoms with Crippen molar-refractivity contribution < 1.29 is 28.3 Å². The first kappa shape index (κ1) is 12.7. The Morgan fingerprint density at radius 1 is 1.65 bits per heavy atom. The van der Waals surface area contributed by atoms with Crippen LogP contribution in [0.15, 0.2) is 6.07 Å². The van der Waals surface area contributed by atoms with Crippen molar-refractivity contribution in [2.24, 2.45) is 0 Å². The minimum atomic E-state index is -3.20. The van der Waals surface area contributed by atoms with Crippen molar-refractivity contribution >= 4 is 11.7 Å². The monoisotopic (exact) mass is 248 g/mol. The van der Waals surface area contributed by atoms with E-state index in [1.54, 1.807) is 0 Å². The number of aromatic nitrogens is 1. The van der Waals surface area contributed by atoms with Gasteiger partial charge in [-0.25, -0.2) is 18.6 Å². The van der Waals surface area contributed by atoms with Gasteiger partial charge in [-0.05, 0) is 6.07 Å². The van der Waals surface area contributed by atoms with Gasteiger partial charge in [0.25, 0.3) is 12.3 Å². The van der Waals surface area contributed by atoms with Gasteiger partial charge in [0.05, 0.1) is 12.0 Å². The molecule has 0 amide bonds. The first-order valence-corrected chi connectivity index (χ1v) is 4.13. The van der Waals surface area contributed by atoms with Crippen molar-refractivity contribution in [3.8, 4) is 5.88 Å². The molecular weight excluding hydrogens is 242 g/mol. The van der Waals surface area contributed by atoms with Gasteiger partial charge in [-0.15, -0.1) is 0 Å². The van der Waals surface area contributed by atoms with Crippen LogP contribution in [0.1, 0.15) is 22.5 Å². The van der Waals surface area contributed by atoms with E-state index in [-0.39, 0.29) is 0 Å². The maximum Gasteiger partial charge on any atom is 0.354 e. The number of aromatic carboxylic acids is 1. The van der Waals surface area contributed by atoms with Crippen LogP contribution in [0.5, 0.6) is 5.88 Å². The minimum Gasteiger partial charge on any atom is -0.477 e. The maximum atomic E-state index is 12.6. The Labute approximate surface area is 92.8 Å². The van der Waals surface area contributed by atoms with Gasteiger partial charge < -0.3 is 9.84 Å². The van der Waals surface area contributed by atoms with Gasteiger partial charge in [-0.2, -0.15) is 0 Å². The zero-order valence-electron chi connectivity index (χ0n) is 8.39. The highest BCUT2D eigenvalue weighted by molar-refractivity contribution is 5.86. The Morgan fingerprint density at radius 2 is 2.24 bits per heavy atom. The number of carboxylic acids is 1. The number of hydrogen-bond acceptors (Lipinski definition) is 5. The lowest BCUT2D eigenvalue weighted by Crippen LogP contribution is -2.08. The quantitative estimate of drug-likeness (QED) is 0.641. The standard InChI is InChI=1S/C8H6F2N2O5/c1-17-7-5(12(15)16)3(6(9)10)2-4(11-7)8(13)14/h2,6H,1H3,(H,13,14). The average Bonchev–Trinajstić information content (AvgIpc) is 2.26. The lowest BCUT2D eigenvalue weighted by Gasteiger charge is -2.06. The largest absolute Gasteiger partial charge is 0.477 e. The van der Waals surface area contributed by atoms with Gasteiger partial charge >= 0.3 is 11.7 Å². The number of methoxy groups -OCH3 is 1. The van der Waals surface area contributed by atoms with Gasteiger partial charge in [-0.3, -0.25) is 10.1 Å². The van der Waals surface area contributed by atoms with Gasteiger partial charge in [0.15, 0.2) is 5.69 Å². The molecule has 1 heterocycles. The van der Waals surface area contributed by atoms with Crippen LogP contribution in [0.3, 0.4) is 0 Å². The maximum absolute atomic E-state index is 12.6. The van der Waals surface area contributed by atoms with E-state index in [9.17, 15) is 23.7 Å². The zero-order chi connectivity index (χ0) is 13.2. The summed E-state index contributed by atoms with van der Waals surface area (Å²) in [5, 5.41) is 19.2. The van der Waals surface area contributed by atoms with E-state index in [0.29, 0.717) is 6.07 Å². The van der Waals surface area contributed by atoms with E-state index in [4.69, 9.17) is 5.11 Å². The Hall–Kier alpha value is -2.32. The van der Waals surface area contributed by atoms with Crippen LogP contribution in [0, 0.1) is 10.1 Å². The number of pyridine rings is 1. The van der Waals surface area contributed by atoms with Crippen LogP contribution < -0.4 is 4.74 Å². The topological polar surface area (TPSA) is 103 Å². The molecule has 1 aromatic heterocycles. The van der Waals surface area contributed by atoms with Gasteiger partial charge in [-0.1, -0.05) is 0 Å². The highest BCUT2D eigenvalue weighted by atomic mass is 19.3. The Morgan fingerprint density at radius 3 is 2.59 bits per heavy atom. The SMILES string of the molecule is COc1nc(C(=O)O)cc(C(F)F)c1[N+](=O)[O-]. The molecule has 92 valence electrons. The van der Waals surface area contributed by atoms with Crippen molar-refractivity contribution in [1.82, 2.24) is 4.98 Å². The second kappa shape index (κ2) is 4.68. The number of ether oxygens (including phenoxy) is 1. The fraction of sp³-hybridized carbons (Fsp3) is 0.250. The summed E-state index contributed by atoms with van der Waals surface area (Å²) in [6.45, 7) is 0. The van der Waals surface area contributed by atoms with Crippen molar-refractivity contribution in [2.75, 3.05) is 7.11 Å². The number of nitrogens with zero attached hydrogens (tertiary/aromatic N) is 2. The molecule has 17 heavy (non-hydrogen) atoms. The number of carbonyl (C=O) groups is 1. The molecule has 0 aliphatic carbocycles. The average molecular weight is 248 g/mol. The van der Waals surface area contributed by atoms with Gasteiger partial charge in [0.1, 0.15) is 5.56 Å². The number of rotatable bonds is 4. The van der Waals surface area contributed by atoms with Gasteiger partial charge in [0, 0.05) is 0 Å². The van der Waals surface area contributed by atoms with Crippen LogP contribution in [0.2, 0.25) is 0 Å². The molecule has 1 N–H and O–H groups in total. The smallest absolute Gasteiger partial charge is 0.354 e. The highest BCUT2D eigenvalue weighted by Crippen LogP contribution is 2.35. The Kier molecular flexibility index (Phi) is 3.51. The lowest BCUT2D eigenvalue weighted by molar-refractivity contribution is -0.387. The molecular formula is C8H6F2N2O5. The zero-order valence-corrected chi connectivity index (χ0v) is 8.39. The molecule has 0 saturated heterocycles. The molecule has 0 aliphatic rings. The summed E-state index contributed by atoms with van der Waals surface area (Å²) in [5.41, 5.74) is -2.82. The third-order valence-corrected chi connectivity index (χ3v) is 1.82. The van der Waals surface area contributed by atoms with Crippen molar-refractivity contribution in [3.05, 3.63) is 27.4 Å². The fourth-order valence-electron chi connectivity index (χ4n) is 1.14. The van der Waals surface area contributed by atoms with Gasteiger partial charge in [0.2, 0.25) is 0 Å². The van der Waals surface area contributed by atoms with E-state index in [2.05, 4.69) is 9.72 Å². The summed E-state index contributed by atoms with van der Waals surface area (Å²) in [7, 11) is 0.968. The number of hydrogen-bond donors (Lipinski definition) is 1. The van der Waals surface area contributed by atoms with Crippen LogP contribution >= 0.6 is 0 Å². The first-order chi connectivity index (χ1) is 7.88. The molecule has 7 nitrogen and oxygen atoms in total. The Balaban J connectivity index is 3.57. The minimum absolute atomic E-state index is 0.452. The molecule has 1 rings (SSSR count). The summed E-state index contributed by atoms with van der Waals surface area (Å²) in [5.74, 6) is -2.34. The fourth-order valence-corrected chi connectivity index (χ4v) is 1.14. The first-order valence-electron chi connectivity index (χ1n) is 4.13. The van der Waals surface area contributed by atoms with E-state index in [0.717, 1.165) is 7.11 Å². The lowest BCUT2D eigenvalue weighted by atomic mass is 10.2. The second-order valence-corrected chi connectivity index (χ2v) is 2.82. The summed E-state index contributed by atoms with van der Waals surface area (Å²) < 4.78 is 29.6. The number of nitro groups is 1. The summed E-state index contributed by atoms with van der Waals surface area (Å²) >= 11 is 0. The predicted octanol–water partition coefficient (Wildman–Crippen LogP) is 1.63. The van der Waals surface area contributed by atoms with Crippen molar-refractivity contribution in [2.45, 2.75) is 6.43 Å². The Bertz CT molecular complexity index is 477. The molecule has 1 aromatic rings. The van der Waals surface area contributed by atoms with E-state index in [1.165, 1.54) is 0 Å². The van der Waals surface area contributed by atoms with Crippen LogP contribution in [-0.4, -0.2) is 28.1 Å². The number of carboxylic acid groups (broad SMARTS) is 1.